The predicted octanol–water partition coefficient (Wildman–Crippen LogP) is 9.54. The molecule has 0 saturated heterocycles. The zero-order chi connectivity index (χ0) is 29.9. The standard InChI is InChI=1S/C34H38N6OS/c1-7-23-20-32(42-6)34(39-27-13-11-12-26(21-27)37-24(8-2)9-3)40-33(23)38-25-14-16-28(17-15-25)41-29-18-19-36-31(22-29)30(10-4)35-5/h8,11-22H,2,7,9-10H2,1,3-6H3,(H2,38,39,40). The lowest BCUT2D eigenvalue weighted by molar-refractivity contribution is 0.482. The van der Waals surface area contributed by atoms with E-state index in [9.17, 15) is 0 Å². The highest BCUT2D eigenvalue weighted by atomic mass is 32.2. The maximum atomic E-state index is 6.11. The number of nitrogens with one attached hydrogen (secondary N) is 2. The number of ether oxygens (including phenoxy) is 1. The van der Waals surface area contributed by atoms with Crippen molar-refractivity contribution in [3.63, 3.8) is 0 Å². The zero-order valence-electron chi connectivity index (χ0n) is 24.9. The van der Waals surface area contributed by atoms with Gasteiger partial charge in [0.1, 0.15) is 23.1 Å². The number of benzene rings is 2. The number of allylic oxidation sites excluding steroid dienone is 1. The van der Waals surface area contributed by atoms with Crippen molar-refractivity contribution in [3.8, 4) is 11.5 Å². The molecule has 0 amide bonds. The van der Waals surface area contributed by atoms with Gasteiger partial charge in [0.25, 0.3) is 0 Å². The summed E-state index contributed by atoms with van der Waals surface area (Å²) in [5.41, 5.74) is 6.57. The van der Waals surface area contributed by atoms with Crippen LogP contribution in [-0.4, -0.2) is 34.7 Å². The van der Waals surface area contributed by atoms with Crippen LogP contribution in [0.1, 0.15) is 44.9 Å². The Kier molecular flexibility index (Phi) is 10.9. The Morgan fingerprint density at radius 2 is 1.71 bits per heavy atom. The van der Waals surface area contributed by atoms with Gasteiger partial charge in [0.05, 0.1) is 22.0 Å². The highest BCUT2D eigenvalue weighted by Crippen LogP contribution is 2.33. The Morgan fingerprint density at radius 3 is 2.38 bits per heavy atom. The van der Waals surface area contributed by atoms with Crippen LogP contribution >= 0.6 is 11.8 Å². The van der Waals surface area contributed by atoms with Crippen LogP contribution in [0.15, 0.2) is 100 Å². The second kappa shape index (κ2) is 15.0. The SMILES string of the molecule is C=CC(CC)=Nc1cccc(Nc2nc(Nc3ccc(Oc4ccnc(C(CC)=NC)c4)cc3)c(CC)cc2SC)c1. The molecule has 4 rings (SSSR count). The van der Waals surface area contributed by atoms with Crippen LogP contribution in [0.25, 0.3) is 0 Å². The summed E-state index contributed by atoms with van der Waals surface area (Å²) < 4.78 is 6.11. The van der Waals surface area contributed by atoms with Crippen molar-refractivity contribution in [2.24, 2.45) is 9.98 Å². The summed E-state index contributed by atoms with van der Waals surface area (Å²) in [7, 11) is 1.78. The molecular formula is C34H38N6OS. The van der Waals surface area contributed by atoms with E-state index in [0.29, 0.717) is 0 Å². The van der Waals surface area contributed by atoms with Gasteiger partial charge in [-0.05, 0) is 91.8 Å². The molecule has 2 aromatic heterocycles. The number of pyridine rings is 2. The number of nitrogens with zero attached hydrogens (tertiary/aromatic N) is 4. The molecule has 2 aromatic carbocycles. The number of aliphatic imine (C=N–C) groups is 2. The van der Waals surface area contributed by atoms with E-state index >= 15 is 0 Å². The minimum absolute atomic E-state index is 0.721. The molecule has 0 aliphatic heterocycles. The Bertz CT molecular complexity index is 1580. The third-order valence-corrected chi connectivity index (χ3v) is 7.38. The number of hydrogen-bond donors (Lipinski definition) is 2. The summed E-state index contributed by atoms with van der Waals surface area (Å²) in [6.45, 7) is 10.1. The lowest BCUT2D eigenvalue weighted by Gasteiger charge is -2.17. The summed E-state index contributed by atoms with van der Waals surface area (Å²) in [4.78, 5) is 19.5. The molecule has 0 spiro atoms. The van der Waals surface area contributed by atoms with Crippen LogP contribution in [0.3, 0.4) is 0 Å². The quantitative estimate of drug-likeness (QED) is 0.121. The number of rotatable bonds is 13. The van der Waals surface area contributed by atoms with E-state index < -0.39 is 0 Å². The maximum Gasteiger partial charge on any atom is 0.146 e. The van der Waals surface area contributed by atoms with E-state index in [2.05, 4.69) is 60.3 Å². The van der Waals surface area contributed by atoms with Gasteiger partial charge in [-0.15, -0.1) is 11.8 Å². The fourth-order valence-corrected chi connectivity index (χ4v) is 4.90. The summed E-state index contributed by atoms with van der Waals surface area (Å²) in [6.07, 6.45) is 8.10. The van der Waals surface area contributed by atoms with Gasteiger partial charge in [0.2, 0.25) is 0 Å². The molecule has 2 heterocycles. The smallest absolute Gasteiger partial charge is 0.146 e. The van der Waals surface area contributed by atoms with Gasteiger partial charge in [-0.1, -0.05) is 33.4 Å². The van der Waals surface area contributed by atoms with E-state index in [-0.39, 0.29) is 0 Å². The first-order valence-corrected chi connectivity index (χ1v) is 15.3. The van der Waals surface area contributed by atoms with E-state index in [1.54, 1.807) is 31.1 Å². The van der Waals surface area contributed by atoms with Crippen molar-refractivity contribution in [2.45, 2.75) is 44.9 Å². The molecule has 0 bridgehead atoms. The predicted molar refractivity (Wildman–Crippen MR) is 179 cm³/mol. The Morgan fingerprint density at radius 1 is 0.929 bits per heavy atom. The first-order chi connectivity index (χ1) is 20.5. The van der Waals surface area contributed by atoms with E-state index in [1.165, 1.54) is 0 Å². The van der Waals surface area contributed by atoms with Crippen LogP contribution in [0.5, 0.6) is 11.5 Å². The van der Waals surface area contributed by atoms with Gasteiger partial charge in [0.15, 0.2) is 0 Å². The summed E-state index contributed by atoms with van der Waals surface area (Å²) in [5, 5.41) is 7.02. The fraction of sp³-hybridized carbons (Fsp3) is 0.235. The monoisotopic (exact) mass is 578 g/mol. The third kappa shape index (κ3) is 7.85. The van der Waals surface area contributed by atoms with Gasteiger partial charge >= 0.3 is 0 Å². The molecule has 42 heavy (non-hydrogen) atoms. The third-order valence-electron chi connectivity index (χ3n) is 6.63. The van der Waals surface area contributed by atoms with Gasteiger partial charge in [-0.3, -0.25) is 15.0 Å². The molecule has 7 nitrogen and oxygen atoms in total. The minimum atomic E-state index is 0.721. The number of aryl methyl sites for hydroxylation is 1. The molecule has 0 aliphatic carbocycles. The Balaban J connectivity index is 1.54. The number of anilines is 4. The highest BCUT2D eigenvalue weighted by molar-refractivity contribution is 7.98. The second-order valence-corrected chi connectivity index (χ2v) is 10.2. The summed E-state index contributed by atoms with van der Waals surface area (Å²) in [5.74, 6) is 3.06. The van der Waals surface area contributed by atoms with Gasteiger partial charge in [0, 0.05) is 36.4 Å². The van der Waals surface area contributed by atoms with Crippen LogP contribution in [0.4, 0.5) is 28.7 Å². The zero-order valence-corrected chi connectivity index (χ0v) is 25.8. The molecular weight excluding hydrogens is 540 g/mol. The van der Waals surface area contributed by atoms with E-state index in [4.69, 9.17) is 14.7 Å². The number of aromatic nitrogens is 2. The lowest BCUT2D eigenvalue weighted by atomic mass is 10.2. The topological polar surface area (TPSA) is 83.8 Å². The number of thioether (sulfide) groups is 1. The van der Waals surface area contributed by atoms with E-state index in [1.807, 2.05) is 60.7 Å². The molecule has 0 atom stereocenters. The van der Waals surface area contributed by atoms with Crippen molar-refractivity contribution in [1.82, 2.24) is 9.97 Å². The minimum Gasteiger partial charge on any atom is -0.457 e. The highest BCUT2D eigenvalue weighted by Gasteiger charge is 2.12. The molecule has 8 heteroatoms. The van der Waals surface area contributed by atoms with Gasteiger partial charge in [-0.2, -0.15) is 0 Å². The average molecular weight is 579 g/mol. The van der Waals surface area contributed by atoms with Crippen LogP contribution in [-0.2, 0) is 6.42 Å². The Hall–Kier alpha value is -4.43. The van der Waals surface area contributed by atoms with Gasteiger partial charge in [-0.25, -0.2) is 4.98 Å². The fourth-order valence-electron chi connectivity index (χ4n) is 4.35. The second-order valence-electron chi connectivity index (χ2n) is 9.39. The molecule has 0 radical (unpaired) electrons. The van der Waals surface area contributed by atoms with Crippen LogP contribution < -0.4 is 15.4 Å². The normalized spacial score (nSPS) is 11.7. The lowest BCUT2D eigenvalue weighted by Crippen LogP contribution is -2.04. The van der Waals surface area contributed by atoms with Crippen molar-refractivity contribution in [2.75, 3.05) is 23.9 Å². The average Bonchev–Trinajstić information content (AvgIpc) is 3.02. The van der Waals surface area contributed by atoms with Crippen molar-refractivity contribution in [3.05, 3.63) is 96.8 Å². The first kappa shape index (κ1) is 30.5. The number of hydrogen-bond acceptors (Lipinski definition) is 8. The molecule has 0 fully saturated rings. The molecule has 0 saturated carbocycles. The van der Waals surface area contributed by atoms with Crippen LogP contribution in [0, 0.1) is 0 Å². The van der Waals surface area contributed by atoms with Crippen LogP contribution in [0.2, 0.25) is 0 Å². The maximum absolute atomic E-state index is 6.11. The molecule has 4 aromatic rings. The molecule has 0 unspecified atom stereocenters. The Labute approximate surface area is 253 Å². The summed E-state index contributed by atoms with van der Waals surface area (Å²) in [6, 6.07) is 21.9. The molecule has 0 aliphatic rings. The van der Waals surface area contributed by atoms with Gasteiger partial charge < -0.3 is 15.4 Å². The van der Waals surface area contributed by atoms with E-state index in [0.717, 1.165) is 87.0 Å². The van der Waals surface area contributed by atoms with Crippen molar-refractivity contribution in [1.29, 1.82) is 0 Å². The van der Waals surface area contributed by atoms with Crippen molar-refractivity contribution < 1.29 is 4.74 Å². The molecule has 216 valence electrons. The summed E-state index contributed by atoms with van der Waals surface area (Å²) >= 11 is 1.67. The van der Waals surface area contributed by atoms with Crippen molar-refractivity contribution >= 4 is 51.9 Å². The first-order valence-electron chi connectivity index (χ1n) is 14.1. The molecule has 2 N–H and O–H groups in total. The largest absolute Gasteiger partial charge is 0.457 e.